The van der Waals surface area contributed by atoms with E-state index in [1.54, 1.807) is 0 Å². The lowest BCUT2D eigenvalue weighted by Gasteiger charge is -2.46. The van der Waals surface area contributed by atoms with Gasteiger partial charge < -0.3 is 14.4 Å². The molecule has 4 heteroatoms. The Morgan fingerprint density at radius 2 is 1.34 bits per heavy atom. The SMILES string of the molecule is CCOC(CC(C)C)(Oc1ccccc1)C(C)(Cl)CC(C)C.CN(C)Cc1ccccc1. The summed E-state index contributed by atoms with van der Waals surface area (Å²) < 4.78 is 12.5. The van der Waals surface area contributed by atoms with Crippen molar-refractivity contribution < 1.29 is 9.47 Å². The monoisotopic (exact) mass is 461 g/mol. The van der Waals surface area contributed by atoms with Gasteiger partial charge in [0.25, 0.3) is 0 Å². The van der Waals surface area contributed by atoms with Gasteiger partial charge in [-0.25, -0.2) is 0 Å². The van der Waals surface area contributed by atoms with Crippen LogP contribution in [-0.4, -0.2) is 36.3 Å². The number of hydrogen-bond donors (Lipinski definition) is 0. The molecule has 0 aliphatic rings. The molecule has 0 bridgehead atoms. The minimum absolute atomic E-state index is 0.417. The second-order valence-corrected chi connectivity index (χ2v) is 10.6. The van der Waals surface area contributed by atoms with Gasteiger partial charge in [-0.15, -0.1) is 11.6 Å². The maximum absolute atomic E-state index is 6.98. The van der Waals surface area contributed by atoms with Crippen LogP contribution in [0.25, 0.3) is 0 Å². The lowest BCUT2D eigenvalue weighted by atomic mass is 9.84. The Balaban J connectivity index is 0.000000425. The summed E-state index contributed by atoms with van der Waals surface area (Å²) in [6.07, 6.45) is 1.58. The number of nitrogens with zero attached hydrogens (tertiary/aromatic N) is 1. The first kappa shape index (κ1) is 28.5. The van der Waals surface area contributed by atoms with E-state index in [1.807, 2.05) is 50.2 Å². The molecule has 0 aliphatic carbocycles. The zero-order valence-corrected chi connectivity index (χ0v) is 22.2. The topological polar surface area (TPSA) is 21.7 Å². The first-order valence-corrected chi connectivity index (χ1v) is 12.1. The highest BCUT2D eigenvalue weighted by Crippen LogP contribution is 2.43. The van der Waals surface area contributed by atoms with Crippen LogP contribution in [-0.2, 0) is 11.3 Å². The van der Waals surface area contributed by atoms with Gasteiger partial charge in [0.15, 0.2) is 0 Å². The summed E-state index contributed by atoms with van der Waals surface area (Å²) in [7, 11) is 4.15. The van der Waals surface area contributed by atoms with E-state index in [0.717, 1.165) is 25.1 Å². The molecule has 0 aromatic heterocycles. The third-order valence-corrected chi connectivity index (χ3v) is 5.45. The number of para-hydroxylation sites is 1. The van der Waals surface area contributed by atoms with Gasteiger partial charge in [-0.1, -0.05) is 76.2 Å². The van der Waals surface area contributed by atoms with Gasteiger partial charge in [0.2, 0.25) is 5.79 Å². The molecular formula is C28H44ClNO2. The van der Waals surface area contributed by atoms with Crippen LogP contribution in [0.15, 0.2) is 60.7 Å². The van der Waals surface area contributed by atoms with Crippen LogP contribution in [0.5, 0.6) is 5.75 Å². The van der Waals surface area contributed by atoms with Crippen molar-refractivity contribution in [3.05, 3.63) is 66.2 Å². The van der Waals surface area contributed by atoms with Gasteiger partial charge in [0.1, 0.15) is 10.6 Å². The second kappa shape index (κ2) is 13.9. The van der Waals surface area contributed by atoms with E-state index in [9.17, 15) is 0 Å². The Hall–Kier alpha value is -1.55. The van der Waals surface area contributed by atoms with Crippen molar-refractivity contribution >= 4 is 11.6 Å². The summed E-state index contributed by atoms with van der Waals surface area (Å²) in [6.45, 7) is 14.3. The fourth-order valence-corrected chi connectivity index (χ4v) is 4.40. The van der Waals surface area contributed by atoms with Gasteiger partial charge in [-0.05, 0) is 63.9 Å². The molecule has 0 saturated heterocycles. The molecule has 0 heterocycles. The van der Waals surface area contributed by atoms with Crippen molar-refractivity contribution in [2.45, 2.75) is 71.6 Å². The minimum Gasteiger partial charge on any atom is -0.460 e. The summed E-state index contributed by atoms with van der Waals surface area (Å²) in [4.78, 5) is 1.56. The average molecular weight is 462 g/mol. The molecular weight excluding hydrogens is 418 g/mol. The van der Waals surface area contributed by atoms with E-state index in [2.05, 4.69) is 71.0 Å². The van der Waals surface area contributed by atoms with Crippen LogP contribution in [0, 0.1) is 11.8 Å². The van der Waals surface area contributed by atoms with Crippen LogP contribution < -0.4 is 4.74 Å². The number of halogens is 1. The Morgan fingerprint density at radius 3 is 1.78 bits per heavy atom. The lowest BCUT2D eigenvalue weighted by molar-refractivity contribution is -0.214. The van der Waals surface area contributed by atoms with Crippen molar-refractivity contribution in [2.24, 2.45) is 11.8 Å². The van der Waals surface area contributed by atoms with Crippen molar-refractivity contribution in [2.75, 3.05) is 20.7 Å². The zero-order valence-electron chi connectivity index (χ0n) is 21.4. The summed E-state index contributed by atoms with van der Waals surface area (Å²) >= 11 is 6.98. The summed E-state index contributed by atoms with van der Waals surface area (Å²) in [5.74, 6) is 0.852. The van der Waals surface area contributed by atoms with Crippen LogP contribution in [0.3, 0.4) is 0 Å². The predicted molar refractivity (Wildman–Crippen MR) is 138 cm³/mol. The van der Waals surface area contributed by atoms with Crippen LogP contribution in [0.1, 0.15) is 59.9 Å². The molecule has 0 amide bonds. The smallest absolute Gasteiger partial charge is 0.229 e. The standard InChI is InChI=1S/C19H31ClO2.C9H13N/c1-7-21-19(14-16(4)5,18(6,20)13-15(2)3)22-17-11-9-8-10-12-17;1-10(2)8-9-6-4-3-5-7-9/h8-12,15-16H,7,13-14H2,1-6H3;3-7H,8H2,1-2H3. The normalized spacial score (nSPS) is 15.1. The van der Waals surface area contributed by atoms with Crippen molar-refractivity contribution in [1.82, 2.24) is 4.90 Å². The molecule has 2 atom stereocenters. The fourth-order valence-electron chi connectivity index (χ4n) is 3.92. The second-order valence-electron chi connectivity index (χ2n) is 9.72. The third kappa shape index (κ3) is 9.94. The molecule has 180 valence electrons. The maximum atomic E-state index is 6.98. The van der Waals surface area contributed by atoms with Crippen LogP contribution in [0.2, 0.25) is 0 Å². The Morgan fingerprint density at radius 1 is 0.844 bits per heavy atom. The Kier molecular flexibility index (Phi) is 12.3. The van der Waals surface area contributed by atoms with Gasteiger partial charge >= 0.3 is 0 Å². The van der Waals surface area contributed by atoms with E-state index >= 15 is 0 Å². The number of benzene rings is 2. The molecule has 2 aromatic carbocycles. The number of alkyl halides is 1. The molecule has 2 aromatic rings. The van der Waals surface area contributed by atoms with Crippen molar-refractivity contribution in [1.29, 1.82) is 0 Å². The largest absolute Gasteiger partial charge is 0.460 e. The highest BCUT2D eigenvalue weighted by molar-refractivity contribution is 6.24. The van der Waals surface area contributed by atoms with E-state index in [1.165, 1.54) is 5.56 Å². The van der Waals surface area contributed by atoms with Gasteiger partial charge in [-0.3, -0.25) is 0 Å². The van der Waals surface area contributed by atoms with Crippen LogP contribution in [0.4, 0.5) is 0 Å². The predicted octanol–water partition coefficient (Wildman–Crippen LogP) is 7.64. The average Bonchev–Trinajstić information content (AvgIpc) is 2.68. The first-order valence-electron chi connectivity index (χ1n) is 11.8. The molecule has 2 unspecified atom stereocenters. The van der Waals surface area contributed by atoms with Gasteiger partial charge in [0.05, 0.1) is 0 Å². The highest BCUT2D eigenvalue weighted by Gasteiger charge is 2.51. The quantitative estimate of drug-likeness (QED) is 0.253. The van der Waals surface area contributed by atoms with E-state index in [4.69, 9.17) is 21.1 Å². The molecule has 0 N–H and O–H groups in total. The zero-order chi connectivity index (χ0) is 24.2. The summed E-state index contributed by atoms with van der Waals surface area (Å²) in [5, 5.41) is 0. The Labute approximate surface area is 202 Å². The van der Waals surface area contributed by atoms with Crippen molar-refractivity contribution in [3.8, 4) is 5.75 Å². The maximum Gasteiger partial charge on any atom is 0.229 e. The first-order chi connectivity index (χ1) is 15.0. The third-order valence-electron chi connectivity index (χ3n) is 5.01. The van der Waals surface area contributed by atoms with E-state index < -0.39 is 10.7 Å². The number of ether oxygens (including phenoxy) is 2. The van der Waals surface area contributed by atoms with E-state index in [-0.39, 0.29) is 0 Å². The number of rotatable bonds is 11. The molecule has 32 heavy (non-hydrogen) atoms. The lowest BCUT2D eigenvalue weighted by Crippen LogP contribution is -2.56. The molecule has 0 saturated carbocycles. The number of hydrogen-bond acceptors (Lipinski definition) is 3. The molecule has 0 aliphatic heterocycles. The Bertz CT molecular complexity index is 732. The molecule has 2 rings (SSSR count). The van der Waals surface area contributed by atoms with Crippen LogP contribution >= 0.6 is 11.6 Å². The molecule has 3 nitrogen and oxygen atoms in total. The molecule has 0 spiro atoms. The van der Waals surface area contributed by atoms with E-state index in [0.29, 0.717) is 18.4 Å². The van der Waals surface area contributed by atoms with Crippen molar-refractivity contribution in [3.63, 3.8) is 0 Å². The minimum atomic E-state index is -0.830. The highest BCUT2D eigenvalue weighted by atomic mass is 35.5. The summed E-state index contributed by atoms with van der Waals surface area (Å²) in [6, 6.07) is 20.3. The summed E-state index contributed by atoms with van der Waals surface area (Å²) in [5.41, 5.74) is 1.37. The van der Waals surface area contributed by atoms with Gasteiger partial charge in [-0.2, -0.15) is 0 Å². The fraction of sp³-hybridized carbons (Fsp3) is 0.571. The molecule has 0 fully saturated rings. The van der Waals surface area contributed by atoms with Gasteiger partial charge in [0, 0.05) is 19.6 Å². The molecule has 0 radical (unpaired) electrons.